The molecule has 4 heteroatoms. The highest BCUT2D eigenvalue weighted by Gasteiger charge is 2.25. The van der Waals surface area contributed by atoms with Gasteiger partial charge in [-0.15, -0.1) is 0 Å². The second-order valence-corrected chi connectivity index (χ2v) is 6.55. The predicted octanol–water partition coefficient (Wildman–Crippen LogP) is 3.59. The van der Waals surface area contributed by atoms with Gasteiger partial charge < -0.3 is 14.7 Å². The number of carboxylic acids is 1. The molecule has 0 aromatic heterocycles. The fraction of sp³-hybridized carbons (Fsp3) is 0.381. The monoisotopic (exact) mass is 339 g/mol. The first-order chi connectivity index (χ1) is 12.2. The molecule has 1 aliphatic heterocycles. The average Bonchev–Trinajstić information content (AvgIpc) is 2.67. The molecule has 2 aromatic carbocycles. The van der Waals surface area contributed by atoms with Gasteiger partial charge in [0.1, 0.15) is 6.10 Å². The van der Waals surface area contributed by atoms with E-state index in [2.05, 4.69) is 29.2 Å². The van der Waals surface area contributed by atoms with Gasteiger partial charge in [0.15, 0.2) is 0 Å². The molecule has 1 N–H and O–H groups in total. The Morgan fingerprint density at radius 3 is 2.24 bits per heavy atom. The van der Waals surface area contributed by atoms with E-state index in [0.717, 1.165) is 37.1 Å². The number of carboxylic acid groups (broad SMARTS) is 1. The molecule has 0 unspecified atom stereocenters. The minimum Gasteiger partial charge on any atom is -0.481 e. The molecule has 1 heterocycles. The van der Waals surface area contributed by atoms with Crippen molar-refractivity contribution >= 4 is 5.97 Å². The standard InChI is InChI=1S/C21H25NO3/c23-21(24)19-12-7-13-22(16-19)14-15-25-20(17-8-3-1-4-9-17)18-10-5-2-6-11-18/h1-6,8-11,19-20H,7,12-16H2,(H,23,24)/t19-/m1/s1. The molecule has 0 amide bonds. The van der Waals surface area contributed by atoms with E-state index in [1.165, 1.54) is 0 Å². The maximum atomic E-state index is 11.2. The second kappa shape index (κ2) is 8.79. The van der Waals surface area contributed by atoms with Crippen molar-refractivity contribution in [2.24, 2.45) is 5.92 Å². The number of hydrogen-bond acceptors (Lipinski definition) is 3. The fourth-order valence-corrected chi connectivity index (χ4v) is 3.40. The van der Waals surface area contributed by atoms with Gasteiger partial charge in [0.25, 0.3) is 0 Å². The molecular formula is C21H25NO3. The molecular weight excluding hydrogens is 314 g/mol. The number of aliphatic carboxylic acids is 1. The smallest absolute Gasteiger partial charge is 0.307 e. The number of rotatable bonds is 7. The molecule has 1 fully saturated rings. The van der Waals surface area contributed by atoms with Crippen molar-refractivity contribution in [3.8, 4) is 0 Å². The van der Waals surface area contributed by atoms with Crippen LogP contribution in [-0.4, -0.2) is 42.2 Å². The Morgan fingerprint density at radius 1 is 1.08 bits per heavy atom. The first-order valence-corrected chi connectivity index (χ1v) is 8.90. The Balaban J connectivity index is 1.61. The predicted molar refractivity (Wildman–Crippen MR) is 97.5 cm³/mol. The molecule has 1 aliphatic rings. The zero-order chi connectivity index (χ0) is 17.5. The van der Waals surface area contributed by atoms with E-state index in [4.69, 9.17) is 4.74 Å². The minimum absolute atomic E-state index is 0.0949. The lowest BCUT2D eigenvalue weighted by molar-refractivity contribution is -0.143. The molecule has 1 atom stereocenters. The Hall–Kier alpha value is -2.17. The van der Waals surface area contributed by atoms with Crippen molar-refractivity contribution in [2.45, 2.75) is 18.9 Å². The van der Waals surface area contributed by atoms with Crippen molar-refractivity contribution < 1.29 is 14.6 Å². The summed E-state index contributed by atoms with van der Waals surface area (Å²) < 4.78 is 6.22. The van der Waals surface area contributed by atoms with E-state index in [1.807, 2.05) is 36.4 Å². The normalized spacial score (nSPS) is 18.4. The summed E-state index contributed by atoms with van der Waals surface area (Å²) in [6.07, 6.45) is 1.63. The van der Waals surface area contributed by atoms with Crippen molar-refractivity contribution in [1.29, 1.82) is 0 Å². The van der Waals surface area contributed by atoms with Gasteiger partial charge in [-0.2, -0.15) is 0 Å². The lowest BCUT2D eigenvalue weighted by Crippen LogP contribution is -2.40. The van der Waals surface area contributed by atoms with Gasteiger partial charge in [0, 0.05) is 13.1 Å². The summed E-state index contributed by atoms with van der Waals surface area (Å²) >= 11 is 0. The summed E-state index contributed by atoms with van der Waals surface area (Å²) in [6.45, 7) is 2.93. The highest BCUT2D eigenvalue weighted by molar-refractivity contribution is 5.70. The Bertz CT molecular complexity index is 620. The average molecular weight is 339 g/mol. The lowest BCUT2D eigenvalue weighted by Gasteiger charge is -2.31. The van der Waals surface area contributed by atoms with Crippen LogP contribution in [0, 0.1) is 5.92 Å². The second-order valence-electron chi connectivity index (χ2n) is 6.55. The Kier molecular flexibility index (Phi) is 6.20. The van der Waals surface area contributed by atoms with E-state index in [-0.39, 0.29) is 12.0 Å². The fourth-order valence-electron chi connectivity index (χ4n) is 3.40. The molecule has 0 bridgehead atoms. The number of nitrogens with zero attached hydrogens (tertiary/aromatic N) is 1. The van der Waals surface area contributed by atoms with Gasteiger partial charge >= 0.3 is 5.97 Å². The Morgan fingerprint density at radius 2 is 1.68 bits per heavy atom. The van der Waals surface area contributed by atoms with Crippen LogP contribution in [0.15, 0.2) is 60.7 Å². The SMILES string of the molecule is O=C(O)[C@@H]1CCCN(CCOC(c2ccccc2)c2ccccc2)C1. The number of carbonyl (C=O) groups is 1. The zero-order valence-electron chi connectivity index (χ0n) is 14.4. The van der Waals surface area contributed by atoms with E-state index in [0.29, 0.717) is 13.2 Å². The third-order valence-electron chi connectivity index (χ3n) is 4.75. The van der Waals surface area contributed by atoms with Crippen LogP contribution in [0.25, 0.3) is 0 Å². The topological polar surface area (TPSA) is 49.8 Å². The summed E-state index contributed by atoms with van der Waals surface area (Å²) in [4.78, 5) is 13.4. The van der Waals surface area contributed by atoms with Gasteiger partial charge in [-0.05, 0) is 30.5 Å². The molecule has 0 aliphatic carbocycles. The molecule has 0 radical (unpaired) electrons. The third kappa shape index (κ3) is 4.91. The van der Waals surface area contributed by atoms with E-state index < -0.39 is 5.97 Å². The maximum absolute atomic E-state index is 11.2. The highest BCUT2D eigenvalue weighted by Crippen LogP contribution is 2.26. The van der Waals surface area contributed by atoms with Crippen molar-refractivity contribution in [1.82, 2.24) is 4.90 Å². The molecule has 3 rings (SSSR count). The summed E-state index contributed by atoms with van der Waals surface area (Å²) in [5.41, 5.74) is 2.27. The molecule has 132 valence electrons. The van der Waals surface area contributed by atoms with E-state index in [9.17, 15) is 9.90 Å². The Labute approximate surface area is 149 Å². The van der Waals surface area contributed by atoms with E-state index in [1.54, 1.807) is 0 Å². The van der Waals surface area contributed by atoms with Gasteiger partial charge in [-0.1, -0.05) is 60.7 Å². The number of benzene rings is 2. The van der Waals surface area contributed by atoms with Crippen molar-refractivity contribution in [2.75, 3.05) is 26.2 Å². The zero-order valence-corrected chi connectivity index (χ0v) is 14.4. The minimum atomic E-state index is -0.683. The quantitative estimate of drug-likeness (QED) is 0.837. The van der Waals surface area contributed by atoms with Crippen LogP contribution in [0.5, 0.6) is 0 Å². The molecule has 4 nitrogen and oxygen atoms in total. The van der Waals surface area contributed by atoms with Crippen LogP contribution in [-0.2, 0) is 9.53 Å². The first-order valence-electron chi connectivity index (χ1n) is 8.90. The summed E-state index contributed by atoms with van der Waals surface area (Å²) in [5.74, 6) is -0.926. The molecule has 25 heavy (non-hydrogen) atoms. The molecule has 2 aromatic rings. The van der Waals surface area contributed by atoms with Crippen molar-refractivity contribution in [3.05, 3.63) is 71.8 Å². The van der Waals surface area contributed by atoms with Gasteiger partial charge in [0.2, 0.25) is 0 Å². The number of likely N-dealkylation sites (tertiary alicyclic amines) is 1. The highest BCUT2D eigenvalue weighted by atomic mass is 16.5. The van der Waals surface area contributed by atoms with Crippen LogP contribution in [0.2, 0.25) is 0 Å². The summed E-state index contributed by atoms with van der Waals surface area (Å²) in [7, 11) is 0. The van der Waals surface area contributed by atoms with Crippen LogP contribution >= 0.6 is 0 Å². The van der Waals surface area contributed by atoms with E-state index >= 15 is 0 Å². The van der Waals surface area contributed by atoms with Gasteiger partial charge in [0.05, 0.1) is 12.5 Å². The van der Waals surface area contributed by atoms with Crippen LogP contribution in [0.1, 0.15) is 30.1 Å². The summed E-state index contributed by atoms with van der Waals surface area (Å²) in [6, 6.07) is 20.4. The number of piperidine rings is 1. The molecule has 0 spiro atoms. The largest absolute Gasteiger partial charge is 0.481 e. The maximum Gasteiger partial charge on any atom is 0.307 e. The lowest BCUT2D eigenvalue weighted by atomic mass is 9.98. The third-order valence-corrected chi connectivity index (χ3v) is 4.75. The van der Waals surface area contributed by atoms with Gasteiger partial charge in [-0.25, -0.2) is 0 Å². The van der Waals surface area contributed by atoms with Crippen LogP contribution in [0.3, 0.4) is 0 Å². The number of hydrogen-bond donors (Lipinski definition) is 1. The molecule has 1 saturated heterocycles. The van der Waals surface area contributed by atoms with Crippen LogP contribution < -0.4 is 0 Å². The van der Waals surface area contributed by atoms with Gasteiger partial charge in [-0.3, -0.25) is 4.79 Å². The summed E-state index contributed by atoms with van der Waals surface area (Å²) in [5, 5.41) is 9.21. The number of ether oxygens (including phenoxy) is 1. The first kappa shape index (κ1) is 17.6. The van der Waals surface area contributed by atoms with Crippen molar-refractivity contribution in [3.63, 3.8) is 0 Å². The van der Waals surface area contributed by atoms with Crippen LogP contribution in [0.4, 0.5) is 0 Å². The molecule has 0 saturated carbocycles.